The molecule has 0 bridgehead atoms. The second-order valence-corrected chi connectivity index (χ2v) is 4.97. The molecule has 0 spiro atoms. The highest BCUT2D eigenvalue weighted by Gasteiger charge is 2.16. The molecule has 2 rings (SSSR count). The van der Waals surface area contributed by atoms with Crippen LogP contribution in [0.1, 0.15) is 15.9 Å². The van der Waals surface area contributed by atoms with Gasteiger partial charge in [-0.3, -0.25) is 9.89 Å². The Balaban J connectivity index is 2.18. The third-order valence-corrected chi connectivity index (χ3v) is 3.42. The number of H-pyrrole nitrogens is 1. The Morgan fingerprint density at radius 1 is 1.53 bits per heavy atom. The van der Waals surface area contributed by atoms with Gasteiger partial charge >= 0.3 is 0 Å². The van der Waals surface area contributed by atoms with E-state index in [1.165, 1.54) is 0 Å². The van der Waals surface area contributed by atoms with Gasteiger partial charge in [-0.05, 0) is 34.1 Å². The highest BCUT2D eigenvalue weighted by atomic mass is 79.9. The molecule has 1 aromatic heterocycles. The molecule has 1 amide bonds. The lowest BCUT2D eigenvalue weighted by molar-refractivity contribution is 0.0784. The predicted octanol–water partition coefficient (Wildman–Crippen LogP) is 2.45. The molecule has 19 heavy (non-hydrogen) atoms. The van der Waals surface area contributed by atoms with Gasteiger partial charge in [0, 0.05) is 29.8 Å². The molecule has 0 radical (unpaired) electrons. The van der Waals surface area contributed by atoms with Crippen molar-refractivity contribution in [3.63, 3.8) is 0 Å². The zero-order valence-corrected chi connectivity index (χ0v) is 12.3. The van der Waals surface area contributed by atoms with E-state index < -0.39 is 0 Å². The molecule has 0 atom stereocenters. The molecule has 5 nitrogen and oxygen atoms in total. The first kappa shape index (κ1) is 13.6. The molecule has 1 heterocycles. The van der Waals surface area contributed by atoms with Crippen LogP contribution in [0.2, 0.25) is 0 Å². The van der Waals surface area contributed by atoms with Crippen molar-refractivity contribution in [3.8, 4) is 5.75 Å². The van der Waals surface area contributed by atoms with Gasteiger partial charge in [0.1, 0.15) is 5.75 Å². The molecule has 0 aliphatic rings. The Hall–Kier alpha value is -1.82. The average molecular weight is 324 g/mol. The van der Waals surface area contributed by atoms with Crippen LogP contribution in [0, 0.1) is 0 Å². The van der Waals surface area contributed by atoms with Crippen LogP contribution in [0.3, 0.4) is 0 Å². The molecule has 1 aromatic carbocycles. The van der Waals surface area contributed by atoms with Crippen molar-refractivity contribution in [2.24, 2.45) is 0 Å². The fourth-order valence-electron chi connectivity index (χ4n) is 1.71. The number of carbonyl (C=O) groups excluding carboxylic acids is 1. The molecular weight excluding hydrogens is 310 g/mol. The standard InChI is InChI=1S/C13H14BrN3O2/c1-17(8-9-6-15-16-7-9)13(18)11-5-10(19-2)3-4-12(11)14/h3-7H,8H2,1-2H3,(H,15,16). The van der Waals surface area contributed by atoms with Crippen LogP contribution in [-0.4, -0.2) is 35.2 Å². The number of nitrogens with zero attached hydrogens (tertiary/aromatic N) is 2. The average Bonchev–Trinajstić information content (AvgIpc) is 2.91. The number of rotatable bonds is 4. The summed E-state index contributed by atoms with van der Waals surface area (Å²) >= 11 is 3.38. The number of hydrogen-bond acceptors (Lipinski definition) is 3. The number of aromatic amines is 1. The molecule has 2 aromatic rings. The molecule has 0 saturated heterocycles. The number of aromatic nitrogens is 2. The van der Waals surface area contributed by atoms with Crippen LogP contribution >= 0.6 is 15.9 Å². The fraction of sp³-hybridized carbons (Fsp3) is 0.231. The summed E-state index contributed by atoms with van der Waals surface area (Å²) in [5, 5.41) is 6.59. The lowest BCUT2D eigenvalue weighted by Gasteiger charge is -2.17. The second-order valence-electron chi connectivity index (χ2n) is 4.11. The van der Waals surface area contributed by atoms with Crippen molar-refractivity contribution in [1.82, 2.24) is 15.1 Å². The van der Waals surface area contributed by atoms with Crippen LogP contribution in [-0.2, 0) is 6.54 Å². The maximum Gasteiger partial charge on any atom is 0.255 e. The van der Waals surface area contributed by atoms with E-state index in [1.54, 1.807) is 49.7 Å². The topological polar surface area (TPSA) is 58.2 Å². The van der Waals surface area contributed by atoms with Gasteiger partial charge in [0.15, 0.2) is 0 Å². The first-order valence-electron chi connectivity index (χ1n) is 5.68. The van der Waals surface area contributed by atoms with Gasteiger partial charge in [0.25, 0.3) is 5.91 Å². The van der Waals surface area contributed by atoms with Gasteiger partial charge < -0.3 is 9.64 Å². The first-order valence-corrected chi connectivity index (χ1v) is 6.47. The van der Waals surface area contributed by atoms with Crippen LogP contribution in [0.15, 0.2) is 35.1 Å². The lowest BCUT2D eigenvalue weighted by Crippen LogP contribution is -2.26. The first-order chi connectivity index (χ1) is 9.11. The summed E-state index contributed by atoms with van der Waals surface area (Å²) in [6, 6.07) is 5.33. The highest BCUT2D eigenvalue weighted by molar-refractivity contribution is 9.10. The summed E-state index contributed by atoms with van der Waals surface area (Å²) in [4.78, 5) is 14.0. The third-order valence-electron chi connectivity index (χ3n) is 2.73. The van der Waals surface area contributed by atoms with Crippen molar-refractivity contribution in [2.75, 3.05) is 14.2 Å². The Kier molecular flexibility index (Phi) is 4.21. The monoisotopic (exact) mass is 323 g/mol. The summed E-state index contributed by atoms with van der Waals surface area (Å²) in [7, 11) is 3.33. The van der Waals surface area contributed by atoms with Crippen LogP contribution in [0.4, 0.5) is 0 Å². The van der Waals surface area contributed by atoms with Gasteiger partial charge in [0.05, 0.1) is 18.9 Å². The number of halogens is 1. The Bertz CT molecular complexity index is 569. The molecule has 100 valence electrons. The van der Waals surface area contributed by atoms with Gasteiger partial charge in [-0.1, -0.05) is 0 Å². The van der Waals surface area contributed by atoms with Crippen LogP contribution in [0.25, 0.3) is 0 Å². The summed E-state index contributed by atoms with van der Waals surface area (Å²) < 4.78 is 5.89. The van der Waals surface area contributed by atoms with Crippen LogP contribution in [0.5, 0.6) is 5.75 Å². The molecule has 0 fully saturated rings. The normalized spacial score (nSPS) is 10.3. The Morgan fingerprint density at radius 3 is 2.95 bits per heavy atom. The lowest BCUT2D eigenvalue weighted by atomic mass is 10.2. The fourth-order valence-corrected chi connectivity index (χ4v) is 2.13. The molecule has 1 N–H and O–H groups in total. The number of amides is 1. The van der Waals surface area contributed by atoms with E-state index in [0.717, 1.165) is 10.0 Å². The van der Waals surface area contributed by atoms with Gasteiger partial charge in [-0.25, -0.2) is 0 Å². The number of benzene rings is 1. The zero-order valence-electron chi connectivity index (χ0n) is 10.7. The van der Waals surface area contributed by atoms with Crippen molar-refractivity contribution in [2.45, 2.75) is 6.54 Å². The third kappa shape index (κ3) is 3.14. The van der Waals surface area contributed by atoms with E-state index in [-0.39, 0.29) is 5.91 Å². The number of methoxy groups -OCH3 is 1. The van der Waals surface area contributed by atoms with Crippen LogP contribution < -0.4 is 4.74 Å². The van der Waals surface area contributed by atoms with Gasteiger partial charge in [-0.15, -0.1) is 0 Å². The summed E-state index contributed by atoms with van der Waals surface area (Å²) in [5.74, 6) is 0.579. The molecule has 0 unspecified atom stereocenters. The van der Waals surface area contributed by atoms with Crippen molar-refractivity contribution in [1.29, 1.82) is 0 Å². The van der Waals surface area contributed by atoms with Crippen molar-refractivity contribution in [3.05, 3.63) is 46.2 Å². The van der Waals surface area contributed by atoms with E-state index in [9.17, 15) is 4.79 Å². The maximum atomic E-state index is 12.4. The minimum Gasteiger partial charge on any atom is -0.497 e. The molecule has 0 aliphatic heterocycles. The Labute approximate surface area is 119 Å². The number of ether oxygens (including phenoxy) is 1. The summed E-state index contributed by atoms with van der Waals surface area (Å²) in [6.45, 7) is 0.499. The number of nitrogens with one attached hydrogen (secondary N) is 1. The maximum absolute atomic E-state index is 12.4. The van der Waals surface area contributed by atoms with Crippen molar-refractivity contribution >= 4 is 21.8 Å². The number of hydrogen-bond donors (Lipinski definition) is 1. The second kappa shape index (κ2) is 5.88. The van der Waals surface area contributed by atoms with Gasteiger partial charge in [0.2, 0.25) is 0 Å². The zero-order chi connectivity index (χ0) is 13.8. The predicted molar refractivity (Wildman–Crippen MR) is 75.1 cm³/mol. The van der Waals surface area contributed by atoms with E-state index in [1.807, 2.05) is 0 Å². The number of carbonyl (C=O) groups is 1. The largest absolute Gasteiger partial charge is 0.497 e. The highest BCUT2D eigenvalue weighted by Crippen LogP contribution is 2.23. The molecule has 0 aliphatic carbocycles. The van der Waals surface area contributed by atoms with E-state index in [4.69, 9.17) is 4.74 Å². The SMILES string of the molecule is COc1ccc(Br)c(C(=O)N(C)Cc2cn[nH]c2)c1. The van der Waals surface area contributed by atoms with E-state index in [2.05, 4.69) is 26.1 Å². The van der Waals surface area contributed by atoms with E-state index >= 15 is 0 Å². The van der Waals surface area contributed by atoms with E-state index in [0.29, 0.717) is 17.9 Å². The van der Waals surface area contributed by atoms with Crippen molar-refractivity contribution < 1.29 is 9.53 Å². The van der Waals surface area contributed by atoms with Gasteiger partial charge in [-0.2, -0.15) is 5.10 Å². The minimum atomic E-state index is -0.0769. The smallest absolute Gasteiger partial charge is 0.255 e. The molecule has 0 saturated carbocycles. The quantitative estimate of drug-likeness (QED) is 0.940. The molecule has 6 heteroatoms. The minimum absolute atomic E-state index is 0.0769. The summed E-state index contributed by atoms with van der Waals surface area (Å²) in [6.07, 6.45) is 3.47. The summed E-state index contributed by atoms with van der Waals surface area (Å²) in [5.41, 5.74) is 1.53. The Morgan fingerprint density at radius 2 is 2.32 bits per heavy atom. The molecular formula is C13H14BrN3O2.